The average Bonchev–Trinajstić information content (AvgIpc) is 2.52. The van der Waals surface area contributed by atoms with Crippen molar-refractivity contribution in [3.05, 3.63) is 41.5 Å². The molecule has 2 amide bonds. The van der Waals surface area contributed by atoms with Gasteiger partial charge in [-0.2, -0.15) is 0 Å². The van der Waals surface area contributed by atoms with Crippen LogP contribution in [0.3, 0.4) is 0 Å². The van der Waals surface area contributed by atoms with Crippen LogP contribution in [0.5, 0.6) is 0 Å². The van der Waals surface area contributed by atoms with Gasteiger partial charge in [0.05, 0.1) is 0 Å². The summed E-state index contributed by atoms with van der Waals surface area (Å²) in [6.07, 6.45) is 1.05. The minimum atomic E-state index is -1.13. The molecule has 7 heteroatoms. The summed E-state index contributed by atoms with van der Waals surface area (Å²) >= 11 is 0. The van der Waals surface area contributed by atoms with Gasteiger partial charge in [-0.15, -0.1) is 0 Å². The third kappa shape index (κ3) is 6.21. The summed E-state index contributed by atoms with van der Waals surface area (Å²) in [5, 5.41) is 14.0. The smallest absolute Gasteiger partial charge is 0.326 e. The highest BCUT2D eigenvalue weighted by Crippen LogP contribution is 2.11. The second-order valence-corrected chi connectivity index (χ2v) is 5.98. The number of carboxylic acid groups (broad SMARTS) is 1. The van der Waals surface area contributed by atoms with E-state index in [9.17, 15) is 19.2 Å². The van der Waals surface area contributed by atoms with Gasteiger partial charge in [-0.1, -0.05) is 13.8 Å². The lowest BCUT2D eigenvalue weighted by Gasteiger charge is -2.16. The number of anilines is 1. The molecule has 0 spiro atoms. The van der Waals surface area contributed by atoms with Crippen LogP contribution in [0, 0.1) is 5.92 Å². The van der Waals surface area contributed by atoms with Gasteiger partial charge >= 0.3 is 5.97 Å². The molecule has 25 heavy (non-hydrogen) atoms. The molecule has 134 valence electrons. The van der Waals surface area contributed by atoms with Gasteiger partial charge in [0.25, 0.3) is 5.91 Å². The Morgan fingerprint density at radius 1 is 1.04 bits per heavy atom. The second-order valence-electron chi connectivity index (χ2n) is 5.98. The summed E-state index contributed by atoms with van der Waals surface area (Å²) in [7, 11) is 0. The lowest BCUT2D eigenvalue weighted by molar-refractivity contribution is -0.142. The van der Waals surface area contributed by atoms with Crippen LogP contribution in [0.4, 0.5) is 5.69 Å². The molecule has 1 atom stereocenters. The van der Waals surface area contributed by atoms with E-state index in [1.165, 1.54) is 13.8 Å². The summed E-state index contributed by atoms with van der Waals surface area (Å²) in [5.41, 5.74) is 1.13. The monoisotopic (exact) mass is 346 g/mol. The van der Waals surface area contributed by atoms with Crippen molar-refractivity contribution in [1.29, 1.82) is 0 Å². The van der Waals surface area contributed by atoms with Gasteiger partial charge in [0.2, 0.25) is 5.91 Å². The zero-order valence-electron chi connectivity index (χ0n) is 14.6. The standard InChI is InChI=1S/C18H22N2O5/c1-10(2)16(18(24)25)20-15(22)9-11(3)17(23)19-14-7-5-13(6-8-14)12(4)21/h5-10,16H,1-4H3,(H,19,23)(H,20,22)(H,24,25)/b11-9-. The number of ketones is 1. The highest BCUT2D eigenvalue weighted by atomic mass is 16.4. The van der Waals surface area contributed by atoms with Crippen LogP contribution in [0.25, 0.3) is 0 Å². The summed E-state index contributed by atoms with van der Waals surface area (Å²) in [4.78, 5) is 46.2. The summed E-state index contributed by atoms with van der Waals surface area (Å²) < 4.78 is 0. The minimum Gasteiger partial charge on any atom is -0.480 e. The molecule has 1 aromatic carbocycles. The number of carbonyl (C=O) groups excluding carboxylic acids is 3. The van der Waals surface area contributed by atoms with Gasteiger partial charge in [0.15, 0.2) is 5.78 Å². The van der Waals surface area contributed by atoms with Crippen molar-refractivity contribution in [2.75, 3.05) is 5.32 Å². The maximum absolute atomic E-state index is 12.1. The Morgan fingerprint density at radius 3 is 2.04 bits per heavy atom. The molecule has 7 nitrogen and oxygen atoms in total. The molecule has 0 heterocycles. The number of hydrogen-bond donors (Lipinski definition) is 3. The van der Waals surface area contributed by atoms with E-state index in [0.717, 1.165) is 6.08 Å². The molecule has 0 radical (unpaired) electrons. The van der Waals surface area contributed by atoms with Crippen LogP contribution in [0.15, 0.2) is 35.9 Å². The van der Waals surface area contributed by atoms with Crippen LogP contribution in [0.1, 0.15) is 38.1 Å². The van der Waals surface area contributed by atoms with Crippen LogP contribution in [-0.2, 0) is 14.4 Å². The number of carboxylic acids is 1. The predicted octanol–water partition coefficient (Wildman–Crippen LogP) is 2.00. The van der Waals surface area contributed by atoms with Crippen LogP contribution >= 0.6 is 0 Å². The summed E-state index contributed by atoms with van der Waals surface area (Å²) in [5.74, 6) is -2.65. The normalized spacial score (nSPS) is 12.4. The second kappa shape index (κ2) is 8.77. The molecule has 0 bridgehead atoms. The van der Waals surface area contributed by atoms with Crippen molar-refractivity contribution in [2.24, 2.45) is 5.92 Å². The fourth-order valence-corrected chi connectivity index (χ4v) is 1.99. The zero-order chi connectivity index (χ0) is 19.1. The Morgan fingerprint density at radius 2 is 1.60 bits per heavy atom. The number of carbonyl (C=O) groups is 4. The first-order valence-electron chi connectivity index (χ1n) is 7.75. The Labute approximate surface area is 146 Å². The molecule has 0 saturated carbocycles. The van der Waals surface area contributed by atoms with E-state index in [2.05, 4.69) is 10.6 Å². The summed E-state index contributed by atoms with van der Waals surface area (Å²) in [6, 6.07) is 5.31. The van der Waals surface area contributed by atoms with E-state index < -0.39 is 23.8 Å². The largest absolute Gasteiger partial charge is 0.480 e. The zero-order valence-corrected chi connectivity index (χ0v) is 14.6. The number of aliphatic carboxylic acids is 1. The van der Waals surface area contributed by atoms with Crippen molar-refractivity contribution in [3.8, 4) is 0 Å². The van der Waals surface area contributed by atoms with E-state index in [-0.39, 0.29) is 17.3 Å². The lowest BCUT2D eigenvalue weighted by Crippen LogP contribution is -2.43. The van der Waals surface area contributed by atoms with Crippen molar-refractivity contribution in [2.45, 2.75) is 33.7 Å². The highest BCUT2D eigenvalue weighted by Gasteiger charge is 2.22. The molecule has 1 unspecified atom stereocenters. The molecule has 0 saturated heterocycles. The van der Waals surface area contributed by atoms with Crippen LogP contribution in [0.2, 0.25) is 0 Å². The Bertz CT molecular complexity index is 705. The van der Waals surface area contributed by atoms with Crippen molar-refractivity contribution in [1.82, 2.24) is 5.32 Å². The Balaban J connectivity index is 2.74. The topological polar surface area (TPSA) is 113 Å². The first kappa shape index (κ1) is 20.1. The first-order chi connectivity index (χ1) is 11.6. The van der Waals surface area contributed by atoms with E-state index >= 15 is 0 Å². The van der Waals surface area contributed by atoms with Gasteiger partial charge in [-0.05, 0) is 44.0 Å². The molecule has 3 N–H and O–H groups in total. The van der Waals surface area contributed by atoms with E-state index in [4.69, 9.17) is 5.11 Å². The minimum absolute atomic E-state index is 0.0799. The number of amides is 2. The third-order valence-electron chi connectivity index (χ3n) is 3.49. The van der Waals surface area contributed by atoms with Gasteiger partial charge in [0, 0.05) is 22.9 Å². The lowest BCUT2D eigenvalue weighted by atomic mass is 10.0. The molecule has 0 fully saturated rings. The molecule has 1 aromatic rings. The quantitative estimate of drug-likeness (QED) is 0.516. The number of Topliss-reactive ketones (excluding diaryl/α,β-unsaturated/α-hetero) is 1. The van der Waals surface area contributed by atoms with Gasteiger partial charge in [-0.25, -0.2) is 4.79 Å². The SMILES string of the molecule is CC(=O)c1ccc(NC(=O)/C(C)=C\C(=O)NC(C(=O)O)C(C)C)cc1. The highest BCUT2D eigenvalue weighted by molar-refractivity contribution is 6.07. The number of rotatable bonds is 7. The van der Waals surface area contributed by atoms with Crippen molar-refractivity contribution in [3.63, 3.8) is 0 Å². The fourth-order valence-electron chi connectivity index (χ4n) is 1.99. The first-order valence-corrected chi connectivity index (χ1v) is 7.75. The van der Waals surface area contributed by atoms with E-state index in [1.54, 1.807) is 38.1 Å². The maximum Gasteiger partial charge on any atom is 0.326 e. The molecule has 0 aromatic heterocycles. The molecular weight excluding hydrogens is 324 g/mol. The number of nitrogens with one attached hydrogen (secondary N) is 2. The molecular formula is C18H22N2O5. The van der Waals surface area contributed by atoms with Crippen molar-refractivity contribution >= 4 is 29.3 Å². The van der Waals surface area contributed by atoms with E-state index in [1.807, 2.05) is 0 Å². The Kier molecular flexibility index (Phi) is 7.05. The molecule has 0 aliphatic carbocycles. The third-order valence-corrected chi connectivity index (χ3v) is 3.49. The number of benzene rings is 1. The molecule has 1 rings (SSSR count). The van der Waals surface area contributed by atoms with Crippen molar-refractivity contribution < 1.29 is 24.3 Å². The van der Waals surface area contributed by atoms with Gasteiger partial charge in [0.1, 0.15) is 6.04 Å². The maximum atomic E-state index is 12.1. The van der Waals surface area contributed by atoms with Gasteiger partial charge < -0.3 is 15.7 Å². The molecule has 0 aliphatic rings. The van der Waals surface area contributed by atoms with Crippen LogP contribution < -0.4 is 10.6 Å². The van der Waals surface area contributed by atoms with E-state index in [0.29, 0.717) is 11.3 Å². The average molecular weight is 346 g/mol. The van der Waals surface area contributed by atoms with Gasteiger partial charge in [-0.3, -0.25) is 14.4 Å². The predicted molar refractivity (Wildman–Crippen MR) is 93.2 cm³/mol. The number of hydrogen-bond acceptors (Lipinski definition) is 4. The Hall–Kier alpha value is -2.96. The van der Waals surface area contributed by atoms with Crippen LogP contribution in [-0.4, -0.2) is 34.7 Å². The summed E-state index contributed by atoms with van der Waals surface area (Å²) in [6.45, 7) is 6.24. The fraction of sp³-hybridized carbons (Fsp3) is 0.333. The molecule has 0 aliphatic heterocycles.